The lowest BCUT2D eigenvalue weighted by Crippen LogP contribution is -2.39. The normalized spacial score (nSPS) is 22.5. The Kier molecular flexibility index (Phi) is 6.04. The summed E-state index contributed by atoms with van der Waals surface area (Å²) in [7, 11) is 0. The maximum absolute atomic E-state index is 5.77. The second kappa shape index (κ2) is 8.02. The maximum Gasteiger partial charge on any atom is 0.191 e. The van der Waals surface area contributed by atoms with E-state index < -0.39 is 0 Å². The standard InChI is InChI=1S/C15H27N5O/c1-3-17-14(19-12-15(2)6-4-11-21-15)18-7-5-9-20-10-8-16-13-20/h8,10,13H,3-7,9,11-12H2,1-2H3,(H2,17,18,19). The molecular weight excluding hydrogens is 266 g/mol. The number of nitrogens with one attached hydrogen (secondary N) is 2. The number of imidazole rings is 1. The van der Waals surface area contributed by atoms with Crippen molar-refractivity contribution in [2.24, 2.45) is 4.99 Å². The van der Waals surface area contributed by atoms with Gasteiger partial charge in [-0.3, -0.25) is 4.99 Å². The third-order valence-electron chi connectivity index (χ3n) is 3.66. The summed E-state index contributed by atoms with van der Waals surface area (Å²) in [6.45, 7) is 8.52. The minimum Gasteiger partial charge on any atom is -0.373 e. The molecule has 0 aromatic carbocycles. The van der Waals surface area contributed by atoms with Gasteiger partial charge in [-0.15, -0.1) is 0 Å². The number of aromatic nitrogens is 2. The van der Waals surface area contributed by atoms with Crippen LogP contribution < -0.4 is 10.6 Å². The highest BCUT2D eigenvalue weighted by atomic mass is 16.5. The molecule has 1 aliphatic heterocycles. The van der Waals surface area contributed by atoms with Crippen LogP contribution >= 0.6 is 0 Å². The zero-order chi connectivity index (χ0) is 15.0. The first-order valence-corrected chi connectivity index (χ1v) is 7.84. The van der Waals surface area contributed by atoms with Crippen LogP contribution in [0.2, 0.25) is 0 Å². The van der Waals surface area contributed by atoms with E-state index in [0.717, 1.165) is 51.5 Å². The molecule has 118 valence electrons. The minimum absolute atomic E-state index is 0.0842. The number of aryl methyl sites for hydroxylation is 1. The monoisotopic (exact) mass is 293 g/mol. The Hall–Kier alpha value is -1.56. The number of hydrogen-bond acceptors (Lipinski definition) is 3. The summed E-state index contributed by atoms with van der Waals surface area (Å²) >= 11 is 0. The van der Waals surface area contributed by atoms with Crippen LogP contribution in [0.1, 0.15) is 33.1 Å². The highest BCUT2D eigenvalue weighted by Gasteiger charge is 2.29. The van der Waals surface area contributed by atoms with Crippen molar-refractivity contribution in [1.82, 2.24) is 20.2 Å². The molecule has 2 heterocycles. The van der Waals surface area contributed by atoms with E-state index in [1.54, 1.807) is 6.20 Å². The highest BCUT2D eigenvalue weighted by Crippen LogP contribution is 2.24. The van der Waals surface area contributed by atoms with Crippen LogP contribution in [0.5, 0.6) is 0 Å². The zero-order valence-electron chi connectivity index (χ0n) is 13.1. The molecule has 0 spiro atoms. The molecule has 0 amide bonds. The van der Waals surface area contributed by atoms with E-state index in [-0.39, 0.29) is 5.60 Å². The fourth-order valence-electron chi connectivity index (χ4n) is 2.44. The molecule has 21 heavy (non-hydrogen) atoms. The van der Waals surface area contributed by atoms with Gasteiger partial charge in [0.1, 0.15) is 0 Å². The van der Waals surface area contributed by atoms with Crippen LogP contribution in [0, 0.1) is 0 Å². The van der Waals surface area contributed by atoms with Gasteiger partial charge in [-0.2, -0.15) is 0 Å². The van der Waals surface area contributed by atoms with Crippen molar-refractivity contribution in [3.63, 3.8) is 0 Å². The van der Waals surface area contributed by atoms with Crippen molar-refractivity contribution in [2.75, 3.05) is 26.2 Å². The van der Waals surface area contributed by atoms with E-state index in [0.29, 0.717) is 6.54 Å². The van der Waals surface area contributed by atoms with Crippen LogP contribution in [0.25, 0.3) is 0 Å². The fourth-order valence-corrected chi connectivity index (χ4v) is 2.44. The van der Waals surface area contributed by atoms with Crippen molar-refractivity contribution >= 4 is 5.96 Å². The van der Waals surface area contributed by atoms with Crippen LogP contribution in [0.15, 0.2) is 23.7 Å². The Labute approximate surface area is 127 Å². The molecule has 1 atom stereocenters. The summed E-state index contributed by atoms with van der Waals surface area (Å²) in [5.41, 5.74) is -0.0842. The summed E-state index contributed by atoms with van der Waals surface area (Å²) in [6.07, 6.45) is 8.91. The first-order valence-electron chi connectivity index (χ1n) is 7.84. The maximum atomic E-state index is 5.77. The summed E-state index contributed by atoms with van der Waals surface area (Å²) in [5, 5.41) is 6.66. The van der Waals surface area contributed by atoms with Gasteiger partial charge < -0.3 is 19.9 Å². The van der Waals surface area contributed by atoms with Crippen LogP contribution in [0.4, 0.5) is 0 Å². The molecule has 1 aliphatic rings. The summed E-state index contributed by atoms with van der Waals surface area (Å²) in [5.74, 6) is 0.875. The molecule has 6 heteroatoms. The van der Waals surface area contributed by atoms with E-state index in [2.05, 4.69) is 39.0 Å². The Balaban J connectivity index is 1.72. The van der Waals surface area contributed by atoms with Crippen molar-refractivity contribution in [1.29, 1.82) is 0 Å². The third kappa shape index (κ3) is 5.38. The van der Waals surface area contributed by atoms with Crippen molar-refractivity contribution in [3.05, 3.63) is 18.7 Å². The topological polar surface area (TPSA) is 63.5 Å². The SMILES string of the molecule is CCNC(=NCC1(C)CCCO1)NCCCn1ccnc1. The molecule has 0 saturated carbocycles. The second-order valence-corrected chi connectivity index (χ2v) is 5.68. The van der Waals surface area contributed by atoms with Gasteiger partial charge >= 0.3 is 0 Å². The predicted octanol–water partition coefficient (Wildman–Crippen LogP) is 1.40. The van der Waals surface area contributed by atoms with Crippen molar-refractivity contribution < 1.29 is 4.74 Å². The molecule has 1 aromatic rings. The molecule has 0 radical (unpaired) electrons. The smallest absolute Gasteiger partial charge is 0.191 e. The number of nitrogens with zero attached hydrogens (tertiary/aromatic N) is 3. The Bertz CT molecular complexity index is 423. The largest absolute Gasteiger partial charge is 0.373 e. The summed E-state index contributed by atoms with van der Waals surface area (Å²) in [6, 6.07) is 0. The number of hydrogen-bond donors (Lipinski definition) is 2. The average Bonchev–Trinajstić information content (AvgIpc) is 3.13. The van der Waals surface area contributed by atoms with E-state index in [4.69, 9.17) is 4.74 Å². The Morgan fingerprint density at radius 2 is 2.38 bits per heavy atom. The number of aliphatic imine (C=N–C) groups is 1. The zero-order valence-corrected chi connectivity index (χ0v) is 13.1. The first-order chi connectivity index (χ1) is 10.2. The van der Waals surface area contributed by atoms with E-state index >= 15 is 0 Å². The average molecular weight is 293 g/mol. The molecule has 1 aromatic heterocycles. The highest BCUT2D eigenvalue weighted by molar-refractivity contribution is 5.79. The fraction of sp³-hybridized carbons (Fsp3) is 0.733. The molecule has 1 fully saturated rings. The molecule has 0 bridgehead atoms. The first kappa shape index (κ1) is 15.8. The van der Waals surface area contributed by atoms with Crippen LogP contribution in [0.3, 0.4) is 0 Å². The molecule has 2 N–H and O–H groups in total. The van der Waals surface area contributed by atoms with E-state index in [1.165, 1.54) is 0 Å². The van der Waals surface area contributed by atoms with Crippen LogP contribution in [-0.4, -0.2) is 47.4 Å². The Morgan fingerprint density at radius 3 is 3.05 bits per heavy atom. The number of ether oxygens (including phenoxy) is 1. The Morgan fingerprint density at radius 1 is 1.48 bits per heavy atom. The number of rotatable bonds is 7. The minimum atomic E-state index is -0.0842. The van der Waals surface area contributed by atoms with Gasteiger partial charge in [-0.25, -0.2) is 4.98 Å². The molecule has 6 nitrogen and oxygen atoms in total. The van der Waals surface area contributed by atoms with Crippen molar-refractivity contribution in [2.45, 2.75) is 45.3 Å². The van der Waals surface area contributed by atoms with Crippen LogP contribution in [-0.2, 0) is 11.3 Å². The molecule has 1 unspecified atom stereocenters. The van der Waals surface area contributed by atoms with E-state index in [9.17, 15) is 0 Å². The lowest BCUT2D eigenvalue weighted by atomic mass is 10.0. The van der Waals surface area contributed by atoms with Gasteiger partial charge in [0.05, 0.1) is 18.5 Å². The van der Waals surface area contributed by atoms with Gasteiger partial charge in [0.25, 0.3) is 0 Å². The lowest BCUT2D eigenvalue weighted by molar-refractivity contribution is 0.0283. The van der Waals surface area contributed by atoms with Gasteiger partial charge in [-0.1, -0.05) is 0 Å². The van der Waals surface area contributed by atoms with Gasteiger partial charge in [-0.05, 0) is 33.1 Å². The molecule has 2 rings (SSSR count). The van der Waals surface area contributed by atoms with Gasteiger partial charge in [0.15, 0.2) is 5.96 Å². The van der Waals surface area contributed by atoms with Gasteiger partial charge in [0, 0.05) is 38.6 Å². The molecular formula is C15H27N5O. The third-order valence-corrected chi connectivity index (χ3v) is 3.66. The second-order valence-electron chi connectivity index (χ2n) is 5.68. The van der Waals surface area contributed by atoms with Gasteiger partial charge in [0.2, 0.25) is 0 Å². The summed E-state index contributed by atoms with van der Waals surface area (Å²) < 4.78 is 7.85. The summed E-state index contributed by atoms with van der Waals surface area (Å²) in [4.78, 5) is 8.69. The predicted molar refractivity (Wildman–Crippen MR) is 84.4 cm³/mol. The number of guanidine groups is 1. The van der Waals surface area contributed by atoms with Crippen molar-refractivity contribution in [3.8, 4) is 0 Å². The van der Waals surface area contributed by atoms with E-state index in [1.807, 2.05) is 12.5 Å². The molecule has 1 saturated heterocycles. The lowest BCUT2D eigenvalue weighted by Gasteiger charge is -2.21. The molecule has 0 aliphatic carbocycles. The quantitative estimate of drug-likeness (QED) is 0.453.